The topological polar surface area (TPSA) is 93.8 Å². The summed E-state index contributed by atoms with van der Waals surface area (Å²) in [4.78, 5) is 24.8. The highest BCUT2D eigenvalue weighted by Crippen LogP contribution is 2.03. The van der Waals surface area contributed by atoms with Gasteiger partial charge in [0.1, 0.15) is 6.54 Å². The van der Waals surface area contributed by atoms with Crippen LogP contribution in [-0.2, 0) is 13.0 Å². The lowest BCUT2D eigenvalue weighted by Gasteiger charge is -2.00. The van der Waals surface area contributed by atoms with Crippen LogP contribution in [0.3, 0.4) is 0 Å². The van der Waals surface area contributed by atoms with Crippen molar-refractivity contribution in [3.8, 4) is 0 Å². The summed E-state index contributed by atoms with van der Waals surface area (Å²) in [5.74, 6) is 0.833. The van der Waals surface area contributed by atoms with Crippen LogP contribution >= 0.6 is 15.9 Å². The lowest BCUT2D eigenvalue weighted by molar-refractivity contribution is 0.438. The Hall–Kier alpha value is -1.70. The second kappa shape index (κ2) is 4.66. The lowest BCUT2D eigenvalue weighted by atomic mass is 10.5. The summed E-state index contributed by atoms with van der Waals surface area (Å²) in [6, 6.07) is 0. The average molecular weight is 301 g/mol. The molecular weight excluding hydrogens is 292 g/mol. The van der Waals surface area contributed by atoms with Crippen molar-refractivity contribution in [1.29, 1.82) is 0 Å². The molecule has 0 aliphatic rings. The van der Waals surface area contributed by atoms with Gasteiger partial charge in [0.05, 0.1) is 4.47 Å². The molecule has 0 spiro atoms. The summed E-state index contributed by atoms with van der Waals surface area (Å²) in [6.07, 6.45) is 2.02. The van der Waals surface area contributed by atoms with E-state index < -0.39 is 11.2 Å². The van der Waals surface area contributed by atoms with Crippen LogP contribution in [0.5, 0.6) is 0 Å². The first-order valence-corrected chi connectivity index (χ1v) is 5.70. The van der Waals surface area contributed by atoms with Crippen LogP contribution in [0.25, 0.3) is 0 Å². The third kappa shape index (κ3) is 2.52. The van der Waals surface area contributed by atoms with Crippen molar-refractivity contribution in [3.05, 3.63) is 43.3 Å². The van der Waals surface area contributed by atoms with Gasteiger partial charge in [-0.1, -0.05) is 6.92 Å². The molecule has 0 saturated heterocycles. The van der Waals surface area contributed by atoms with E-state index in [1.165, 1.54) is 10.8 Å². The van der Waals surface area contributed by atoms with Crippen molar-refractivity contribution in [1.82, 2.24) is 19.7 Å². The standard InChI is InChI=1S/C9H9BrN4O3/c1-2-6-12-13-7(17-6)4-14-3-5(10)8(15)11-9(14)16/h3H,2,4H2,1H3,(H,11,15,16). The number of H-pyrrole nitrogens is 1. The molecule has 7 nitrogen and oxygen atoms in total. The van der Waals surface area contributed by atoms with Gasteiger partial charge in [0, 0.05) is 12.6 Å². The van der Waals surface area contributed by atoms with E-state index in [1.54, 1.807) is 0 Å². The van der Waals surface area contributed by atoms with Crippen molar-refractivity contribution in [3.63, 3.8) is 0 Å². The summed E-state index contributed by atoms with van der Waals surface area (Å²) < 4.78 is 6.82. The Kier molecular flexibility index (Phi) is 3.23. The molecule has 0 amide bonds. The zero-order valence-electron chi connectivity index (χ0n) is 8.94. The van der Waals surface area contributed by atoms with E-state index in [4.69, 9.17) is 4.42 Å². The number of hydrogen-bond acceptors (Lipinski definition) is 5. The summed E-state index contributed by atoms with van der Waals surface area (Å²) in [5, 5.41) is 7.58. The SMILES string of the molecule is CCc1nnc(Cn2cc(Br)c(=O)[nH]c2=O)o1. The monoisotopic (exact) mass is 300 g/mol. The van der Waals surface area contributed by atoms with Crippen LogP contribution in [0.4, 0.5) is 0 Å². The smallest absolute Gasteiger partial charge is 0.328 e. The Balaban J connectivity index is 2.33. The Morgan fingerprint density at radius 1 is 1.41 bits per heavy atom. The van der Waals surface area contributed by atoms with Crippen molar-refractivity contribution in [2.45, 2.75) is 19.9 Å². The first-order valence-electron chi connectivity index (χ1n) is 4.90. The Bertz CT molecular complexity index is 642. The van der Waals surface area contributed by atoms with Crippen LogP contribution in [0.15, 0.2) is 24.7 Å². The zero-order chi connectivity index (χ0) is 12.4. The minimum absolute atomic E-state index is 0.126. The second-order valence-electron chi connectivity index (χ2n) is 3.31. The summed E-state index contributed by atoms with van der Waals surface area (Å²) in [6.45, 7) is 2.02. The molecule has 0 saturated carbocycles. The molecule has 17 heavy (non-hydrogen) atoms. The molecule has 0 atom stereocenters. The maximum atomic E-state index is 11.5. The van der Waals surface area contributed by atoms with Gasteiger partial charge in [-0.15, -0.1) is 10.2 Å². The van der Waals surface area contributed by atoms with E-state index in [0.29, 0.717) is 18.2 Å². The maximum Gasteiger partial charge on any atom is 0.328 e. The number of hydrogen-bond donors (Lipinski definition) is 1. The molecular formula is C9H9BrN4O3. The van der Waals surface area contributed by atoms with E-state index >= 15 is 0 Å². The van der Waals surface area contributed by atoms with Gasteiger partial charge in [0.25, 0.3) is 5.56 Å². The number of halogens is 1. The zero-order valence-corrected chi connectivity index (χ0v) is 10.5. The number of nitrogens with zero attached hydrogens (tertiary/aromatic N) is 3. The van der Waals surface area contributed by atoms with Crippen molar-refractivity contribution < 1.29 is 4.42 Å². The molecule has 0 aliphatic carbocycles. The minimum atomic E-state index is -0.519. The van der Waals surface area contributed by atoms with Crippen LogP contribution in [0, 0.1) is 0 Å². The molecule has 0 bridgehead atoms. The third-order valence-corrected chi connectivity index (χ3v) is 2.65. The highest BCUT2D eigenvalue weighted by molar-refractivity contribution is 9.10. The third-order valence-electron chi connectivity index (χ3n) is 2.08. The molecule has 2 aromatic heterocycles. The normalized spacial score (nSPS) is 10.7. The van der Waals surface area contributed by atoms with Gasteiger partial charge in [0.15, 0.2) is 0 Å². The highest BCUT2D eigenvalue weighted by Gasteiger charge is 2.08. The molecule has 0 fully saturated rings. The van der Waals surface area contributed by atoms with Gasteiger partial charge in [-0.05, 0) is 15.9 Å². The van der Waals surface area contributed by atoms with Gasteiger partial charge in [0.2, 0.25) is 11.8 Å². The molecule has 8 heteroatoms. The van der Waals surface area contributed by atoms with E-state index in [-0.39, 0.29) is 11.0 Å². The van der Waals surface area contributed by atoms with Gasteiger partial charge in [-0.2, -0.15) is 0 Å². The summed E-state index contributed by atoms with van der Waals surface area (Å²) in [5.41, 5.74) is -0.986. The molecule has 0 unspecified atom stereocenters. The second-order valence-corrected chi connectivity index (χ2v) is 4.16. The molecule has 0 aromatic carbocycles. The largest absolute Gasteiger partial charge is 0.423 e. The fraction of sp³-hybridized carbons (Fsp3) is 0.333. The molecule has 0 aliphatic heterocycles. The van der Waals surface area contributed by atoms with Crippen LogP contribution in [-0.4, -0.2) is 19.7 Å². The van der Waals surface area contributed by atoms with Crippen LogP contribution < -0.4 is 11.2 Å². The number of aryl methyl sites for hydroxylation is 1. The molecule has 2 aromatic rings. The van der Waals surface area contributed by atoms with Crippen molar-refractivity contribution in [2.75, 3.05) is 0 Å². The van der Waals surface area contributed by atoms with E-state index in [2.05, 4.69) is 31.1 Å². The van der Waals surface area contributed by atoms with Gasteiger partial charge < -0.3 is 4.42 Å². The number of rotatable bonds is 3. The first-order chi connectivity index (χ1) is 8.10. The fourth-order valence-electron chi connectivity index (χ4n) is 1.24. The fourth-order valence-corrected chi connectivity index (χ4v) is 1.59. The summed E-state index contributed by atoms with van der Waals surface area (Å²) in [7, 11) is 0. The van der Waals surface area contributed by atoms with Crippen LogP contribution in [0.1, 0.15) is 18.7 Å². The maximum absolute atomic E-state index is 11.5. The van der Waals surface area contributed by atoms with Gasteiger partial charge >= 0.3 is 5.69 Å². The number of nitrogens with one attached hydrogen (secondary N) is 1. The Morgan fingerprint density at radius 2 is 2.12 bits per heavy atom. The van der Waals surface area contributed by atoms with E-state index in [0.717, 1.165) is 0 Å². The minimum Gasteiger partial charge on any atom is -0.423 e. The summed E-state index contributed by atoms with van der Waals surface area (Å²) >= 11 is 3.04. The predicted molar refractivity (Wildman–Crippen MR) is 61.8 cm³/mol. The van der Waals surface area contributed by atoms with E-state index in [9.17, 15) is 9.59 Å². The average Bonchev–Trinajstić information content (AvgIpc) is 2.73. The first kappa shape index (κ1) is 11.8. The molecule has 90 valence electrons. The predicted octanol–water partition coefficient (Wildman–Crippen LogP) is 0.293. The molecule has 0 radical (unpaired) electrons. The number of aromatic amines is 1. The van der Waals surface area contributed by atoms with E-state index in [1.807, 2.05) is 6.92 Å². The quantitative estimate of drug-likeness (QED) is 0.879. The Labute approximate surface area is 104 Å². The van der Waals surface area contributed by atoms with Gasteiger partial charge in [-0.25, -0.2) is 4.79 Å². The molecule has 2 rings (SSSR count). The lowest BCUT2D eigenvalue weighted by Crippen LogP contribution is -2.30. The van der Waals surface area contributed by atoms with Gasteiger partial charge in [-0.3, -0.25) is 14.3 Å². The molecule has 1 N–H and O–H groups in total. The number of aromatic nitrogens is 4. The van der Waals surface area contributed by atoms with Crippen molar-refractivity contribution in [2.24, 2.45) is 0 Å². The highest BCUT2D eigenvalue weighted by atomic mass is 79.9. The molecule has 2 heterocycles. The van der Waals surface area contributed by atoms with Crippen LogP contribution in [0.2, 0.25) is 0 Å². The Morgan fingerprint density at radius 3 is 2.76 bits per heavy atom. The van der Waals surface area contributed by atoms with Crippen molar-refractivity contribution >= 4 is 15.9 Å².